The lowest BCUT2D eigenvalue weighted by Gasteiger charge is -2.08. The molecule has 2 rings (SSSR count). The van der Waals surface area contributed by atoms with Gasteiger partial charge in [-0.2, -0.15) is 0 Å². The Kier molecular flexibility index (Phi) is 4.95. The number of ether oxygens (including phenoxy) is 1. The van der Waals surface area contributed by atoms with E-state index in [0.717, 1.165) is 12.5 Å². The second kappa shape index (κ2) is 6.91. The Hall–Kier alpha value is -2.08. The van der Waals surface area contributed by atoms with Gasteiger partial charge >= 0.3 is 0 Å². The number of hydrogen-bond donors (Lipinski definition) is 3. The van der Waals surface area contributed by atoms with Crippen molar-refractivity contribution in [1.82, 2.24) is 5.32 Å². The number of primary amides is 1. The van der Waals surface area contributed by atoms with Crippen molar-refractivity contribution < 1.29 is 14.3 Å². The van der Waals surface area contributed by atoms with Gasteiger partial charge in [-0.15, -0.1) is 0 Å². The highest BCUT2D eigenvalue weighted by Crippen LogP contribution is 2.27. The Morgan fingerprint density at radius 1 is 1.25 bits per heavy atom. The summed E-state index contributed by atoms with van der Waals surface area (Å²) in [6.45, 7) is 1.07. The van der Waals surface area contributed by atoms with Crippen LogP contribution in [-0.2, 0) is 9.59 Å². The van der Waals surface area contributed by atoms with Gasteiger partial charge in [-0.25, -0.2) is 0 Å². The van der Waals surface area contributed by atoms with E-state index in [2.05, 4.69) is 10.6 Å². The number of anilines is 1. The molecule has 6 heteroatoms. The molecule has 1 aromatic rings. The summed E-state index contributed by atoms with van der Waals surface area (Å²) in [4.78, 5) is 22.2. The fourth-order valence-corrected chi connectivity index (χ4v) is 1.71. The molecule has 0 bridgehead atoms. The molecule has 0 unspecified atom stereocenters. The van der Waals surface area contributed by atoms with Crippen LogP contribution in [0, 0.1) is 5.92 Å². The maximum atomic E-state index is 11.6. The number of rotatable bonds is 8. The normalized spacial score (nSPS) is 13.8. The molecule has 108 valence electrons. The van der Waals surface area contributed by atoms with Gasteiger partial charge in [-0.05, 0) is 49.6 Å². The van der Waals surface area contributed by atoms with E-state index in [1.807, 2.05) is 0 Å². The van der Waals surface area contributed by atoms with Crippen LogP contribution in [0.5, 0.6) is 5.75 Å². The molecule has 0 heterocycles. The predicted molar refractivity (Wildman–Crippen MR) is 75.4 cm³/mol. The van der Waals surface area contributed by atoms with Crippen LogP contribution in [-0.4, -0.2) is 31.5 Å². The highest BCUT2D eigenvalue weighted by atomic mass is 16.5. The van der Waals surface area contributed by atoms with E-state index in [0.29, 0.717) is 18.0 Å². The molecule has 6 nitrogen and oxygen atoms in total. The van der Waals surface area contributed by atoms with E-state index >= 15 is 0 Å². The SMILES string of the molecule is NC(=O)COc1ccc(NC(=O)CNCC2CC2)cc1. The summed E-state index contributed by atoms with van der Waals surface area (Å²) in [6, 6.07) is 6.79. The van der Waals surface area contributed by atoms with Crippen LogP contribution in [0.25, 0.3) is 0 Å². The Balaban J connectivity index is 1.71. The predicted octanol–water partition coefficient (Wildman–Crippen LogP) is 0.489. The largest absolute Gasteiger partial charge is 0.484 e. The van der Waals surface area contributed by atoms with Crippen molar-refractivity contribution in [3.05, 3.63) is 24.3 Å². The second-order valence-electron chi connectivity index (χ2n) is 4.90. The molecule has 20 heavy (non-hydrogen) atoms. The van der Waals surface area contributed by atoms with E-state index in [1.54, 1.807) is 24.3 Å². The van der Waals surface area contributed by atoms with E-state index in [4.69, 9.17) is 10.5 Å². The zero-order valence-electron chi connectivity index (χ0n) is 11.2. The Morgan fingerprint density at radius 2 is 1.95 bits per heavy atom. The molecule has 1 saturated carbocycles. The minimum atomic E-state index is -0.524. The van der Waals surface area contributed by atoms with Gasteiger partial charge in [0.05, 0.1) is 6.54 Å². The molecular formula is C14H19N3O3. The Bertz CT molecular complexity index is 469. The summed E-state index contributed by atoms with van der Waals surface area (Å²) in [5, 5.41) is 5.90. The van der Waals surface area contributed by atoms with Crippen molar-refractivity contribution in [3.63, 3.8) is 0 Å². The highest BCUT2D eigenvalue weighted by molar-refractivity contribution is 5.92. The number of nitrogens with two attached hydrogens (primary N) is 1. The molecule has 0 atom stereocenters. The third-order valence-corrected chi connectivity index (χ3v) is 2.93. The Morgan fingerprint density at radius 3 is 2.55 bits per heavy atom. The molecule has 1 aliphatic carbocycles. The molecule has 4 N–H and O–H groups in total. The summed E-state index contributed by atoms with van der Waals surface area (Å²) in [5.41, 5.74) is 5.67. The topological polar surface area (TPSA) is 93.5 Å². The van der Waals surface area contributed by atoms with Crippen LogP contribution in [0.4, 0.5) is 5.69 Å². The summed E-state index contributed by atoms with van der Waals surface area (Å²) >= 11 is 0. The quantitative estimate of drug-likeness (QED) is 0.644. The first kappa shape index (κ1) is 14.3. The Labute approximate surface area is 117 Å². The van der Waals surface area contributed by atoms with Crippen molar-refractivity contribution in [3.8, 4) is 5.75 Å². The van der Waals surface area contributed by atoms with Gasteiger partial charge in [0, 0.05) is 5.69 Å². The summed E-state index contributed by atoms with van der Waals surface area (Å²) in [6.07, 6.45) is 2.53. The lowest BCUT2D eigenvalue weighted by Crippen LogP contribution is -2.29. The molecule has 0 spiro atoms. The van der Waals surface area contributed by atoms with Crippen LogP contribution >= 0.6 is 0 Å². The van der Waals surface area contributed by atoms with Gasteiger partial charge < -0.3 is 21.1 Å². The maximum absolute atomic E-state index is 11.6. The van der Waals surface area contributed by atoms with E-state index in [1.165, 1.54) is 12.8 Å². The van der Waals surface area contributed by atoms with Gasteiger partial charge in [0.15, 0.2) is 6.61 Å². The van der Waals surface area contributed by atoms with Crippen LogP contribution in [0.3, 0.4) is 0 Å². The molecule has 1 aliphatic rings. The van der Waals surface area contributed by atoms with E-state index in [-0.39, 0.29) is 12.5 Å². The second-order valence-corrected chi connectivity index (χ2v) is 4.90. The van der Waals surface area contributed by atoms with E-state index in [9.17, 15) is 9.59 Å². The van der Waals surface area contributed by atoms with Crippen molar-refractivity contribution in [2.45, 2.75) is 12.8 Å². The molecule has 2 amide bonds. The monoisotopic (exact) mass is 277 g/mol. The van der Waals surface area contributed by atoms with Gasteiger partial charge in [0.1, 0.15) is 5.75 Å². The highest BCUT2D eigenvalue weighted by Gasteiger charge is 2.20. The lowest BCUT2D eigenvalue weighted by atomic mass is 10.3. The van der Waals surface area contributed by atoms with Gasteiger partial charge in [-0.1, -0.05) is 0 Å². The minimum Gasteiger partial charge on any atom is -0.484 e. The average Bonchev–Trinajstić information content (AvgIpc) is 3.22. The smallest absolute Gasteiger partial charge is 0.255 e. The summed E-state index contributed by atoms with van der Waals surface area (Å²) < 4.78 is 5.13. The molecule has 0 aromatic heterocycles. The summed E-state index contributed by atoms with van der Waals surface area (Å²) in [7, 11) is 0. The number of hydrogen-bond acceptors (Lipinski definition) is 4. The maximum Gasteiger partial charge on any atom is 0.255 e. The molecule has 1 aromatic carbocycles. The van der Waals surface area contributed by atoms with Gasteiger partial charge in [0.25, 0.3) is 5.91 Å². The first-order valence-electron chi connectivity index (χ1n) is 6.65. The molecule has 0 radical (unpaired) electrons. The fourth-order valence-electron chi connectivity index (χ4n) is 1.71. The third kappa shape index (κ3) is 5.27. The number of benzene rings is 1. The van der Waals surface area contributed by atoms with Gasteiger partial charge in [-0.3, -0.25) is 9.59 Å². The number of carbonyl (C=O) groups excluding carboxylic acids is 2. The van der Waals surface area contributed by atoms with Crippen molar-refractivity contribution >= 4 is 17.5 Å². The van der Waals surface area contributed by atoms with Crippen molar-refractivity contribution in [2.24, 2.45) is 11.7 Å². The third-order valence-electron chi connectivity index (χ3n) is 2.93. The van der Waals surface area contributed by atoms with Gasteiger partial charge in [0.2, 0.25) is 5.91 Å². The van der Waals surface area contributed by atoms with E-state index < -0.39 is 5.91 Å². The zero-order valence-corrected chi connectivity index (χ0v) is 11.2. The number of amides is 2. The van der Waals surface area contributed by atoms with Crippen molar-refractivity contribution in [1.29, 1.82) is 0 Å². The molecule has 0 aliphatic heterocycles. The standard InChI is InChI=1S/C14H19N3O3/c15-13(18)9-20-12-5-3-11(4-6-12)17-14(19)8-16-7-10-1-2-10/h3-6,10,16H,1-2,7-9H2,(H2,15,18)(H,17,19). The first-order chi connectivity index (χ1) is 9.63. The van der Waals surface area contributed by atoms with Crippen LogP contribution < -0.4 is 21.1 Å². The lowest BCUT2D eigenvalue weighted by molar-refractivity contribution is -0.120. The molecular weight excluding hydrogens is 258 g/mol. The molecule has 1 fully saturated rings. The van der Waals surface area contributed by atoms with Crippen molar-refractivity contribution in [2.75, 3.05) is 25.0 Å². The summed E-state index contributed by atoms with van der Waals surface area (Å²) in [5.74, 6) is 0.693. The number of nitrogens with one attached hydrogen (secondary N) is 2. The zero-order chi connectivity index (χ0) is 14.4. The van der Waals surface area contributed by atoms with Crippen LogP contribution in [0.2, 0.25) is 0 Å². The fraction of sp³-hybridized carbons (Fsp3) is 0.429. The minimum absolute atomic E-state index is 0.0727. The van der Waals surface area contributed by atoms with Crippen LogP contribution in [0.15, 0.2) is 24.3 Å². The first-order valence-corrected chi connectivity index (χ1v) is 6.65. The average molecular weight is 277 g/mol. The van der Waals surface area contributed by atoms with Crippen LogP contribution in [0.1, 0.15) is 12.8 Å². The number of carbonyl (C=O) groups is 2. The molecule has 0 saturated heterocycles.